The van der Waals surface area contributed by atoms with Gasteiger partial charge in [0.15, 0.2) is 5.78 Å². The first-order chi connectivity index (χ1) is 5.72. The van der Waals surface area contributed by atoms with Crippen molar-refractivity contribution in [2.45, 2.75) is 13.3 Å². The molecule has 5 heteroatoms. The van der Waals surface area contributed by atoms with Gasteiger partial charge in [-0.2, -0.15) is 0 Å². The molecule has 0 saturated carbocycles. The molecule has 68 valence electrons. The molecule has 0 N–H and O–H groups in total. The van der Waals surface area contributed by atoms with Gasteiger partial charge in [0.05, 0.1) is 13.2 Å². The minimum Gasteiger partial charge on any atom is -0.433 e. The molecular weight excluding hydrogens is 162 g/mol. The Labute approximate surface area is 70.2 Å². The number of rotatable bonds is 2. The van der Waals surface area contributed by atoms with E-state index in [1.807, 2.05) is 0 Å². The highest BCUT2D eigenvalue weighted by atomic mass is 16.8. The highest BCUT2D eigenvalue weighted by Gasteiger charge is 2.23. The largest absolute Gasteiger partial charge is 0.527 e. The first kappa shape index (κ1) is 8.99. The molecule has 0 aromatic carbocycles. The highest BCUT2D eigenvalue weighted by Crippen LogP contribution is 2.05. The van der Waals surface area contributed by atoms with Crippen LogP contribution in [0.3, 0.4) is 0 Å². The number of nitrogens with zero attached hydrogens (tertiary/aromatic N) is 1. The topological polar surface area (TPSA) is 55.8 Å². The second-order valence-corrected chi connectivity index (χ2v) is 2.43. The lowest BCUT2D eigenvalue weighted by atomic mass is 10.4. The third-order valence-corrected chi connectivity index (χ3v) is 1.46. The van der Waals surface area contributed by atoms with E-state index in [1.165, 1.54) is 5.06 Å². The molecule has 1 rings (SSSR count). The van der Waals surface area contributed by atoms with Crippen LogP contribution >= 0.6 is 0 Å². The molecule has 0 unspecified atom stereocenters. The van der Waals surface area contributed by atoms with E-state index < -0.39 is 6.16 Å². The van der Waals surface area contributed by atoms with Crippen LogP contribution in [0.25, 0.3) is 0 Å². The molecule has 0 radical (unpaired) electrons. The molecule has 1 saturated heterocycles. The van der Waals surface area contributed by atoms with Crippen molar-refractivity contribution in [1.82, 2.24) is 5.06 Å². The van der Waals surface area contributed by atoms with Crippen molar-refractivity contribution in [1.29, 1.82) is 0 Å². The highest BCUT2D eigenvalue weighted by molar-refractivity contribution is 5.82. The van der Waals surface area contributed by atoms with Gasteiger partial charge in [-0.25, -0.2) is 4.79 Å². The Kier molecular flexibility index (Phi) is 3.04. The summed E-state index contributed by atoms with van der Waals surface area (Å²) in [4.78, 5) is 26.1. The van der Waals surface area contributed by atoms with Gasteiger partial charge in [0.1, 0.15) is 0 Å². The van der Waals surface area contributed by atoms with E-state index in [4.69, 9.17) is 0 Å². The van der Waals surface area contributed by atoms with Crippen molar-refractivity contribution < 1.29 is 19.2 Å². The molecule has 0 atom stereocenters. The summed E-state index contributed by atoms with van der Waals surface area (Å²) in [6.45, 7) is 2.62. The Balaban J connectivity index is 2.23. The molecular formula is C7H11NO4. The number of carbonyl (C=O) groups excluding carboxylic acids is 2. The van der Waals surface area contributed by atoms with Crippen LogP contribution in [-0.2, 0) is 14.4 Å². The summed E-state index contributed by atoms with van der Waals surface area (Å²) >= 11 is 0. The SMILES string of the molecule is CCOC(=O)ON1CCC(=O)C1. The fraction of sp³-hybridized carbons (Fsp3) is 0.714. The molecule has 0 bridgehead atoms. The Morgan fingerprint density at radius 1 is 1.67 bits per heavy atom. The lowest BCUT2D eigenvalue weighted by Crippen LogP contribution is -2.25. The Bertz CT molecular complexity index is 192. The molecule has 1 fully saturated rings. The van der Waals surface area contributed by atoms with Crippen LogP contribution in [0.5, 0.6) is 0 Å². The summed E-state index contributed by atoms with van der Waals surface area (Å²) in [5, 5.41) is 1.31. The quantitative estimate of drug-likeness (QED) is 0.564. The molecule has 0 spiro atoms. The molecule has 1 aliphatic rings. The second-order valence-electron chi connectivity index (χ2n) is 2.43. The standard InChI is InChI=1S/C7H11NO4/c1-2-11-7(10)12-8-4-3-6(9)5-8/h2-5H2,1H3. The average Bonchev–Trinajstić information content (AvgIpc) is 2.36. The van der Waals surface area contributed by atoms with Gasteiger partial charge in [-0.15, -0.1) is 5.06 Å². The Morgan fingerprint density at radius 2 is 2.42 bits per heavy atom. The van der Waals surface area contributed by atoms with Crippen LogP contribution in [0.15, 0.2) is 0 Å². The van der Waals surface area contributed by atoms with Gasteiger partial charge in [-0.1, -0.05) is 0 Å². The number of hydrogen-bond donors (Lipinski definition) is 0. The van der Waals surface area contributed by atoms with Crippen molar-refractivity contribution in [3.8, 4) is 0 Å². The molecule has 12 heavy (non-hydrogen) atoms. The summed E-state index contributed by atoms with van der Waals surface area (Å²) in [6, 6.07) is 0. The monoisotopic (exact) mass is 173 g/mol. The van der Waals surface area contributed by atoms with Gasteiger partial charge < -0.3 is 9.57 Å². The zero-order valence-corrected chi connectivity index (χ0v) is 6.91. The van der Waals surface area contributed by atoms with E-state index in [2.05, 4.69) is 9.57 Å². The first-order valence-corrected chi connectivity index (χ1v) is 3.83. The first-order valence-electron chi connectivity index (χ1n) is 3.83. The van der Waals surface area contributed by atoms with E-state index in [0.717, 1.165) is 0 Å². The molecule has 1 heterocycles. The van der Waals surface area contributed by atoms with Crippen LogP contribution in [-0.4, -0.2) is 36.7 Å². The summed E-state index contributed by atoms with van der Waals surface area (Å²) in [5.41, 5.74) is 0. The number of ketones is 1. The van der Waals surface area contributed by atoms with Crippen molar-refractivity contribution >= 4 is 11.9 Å². The van der Waals surface area contributed by atoms with Crippen molar-refractivity contribution in [2.24, 2.45) is 0 Å². The van der Waals surface area contributed by atoms with E-state index >= 15 is 0 Å². The van der Waals surface area contributed by atoms with E-state index in [9.17, 15) is 9.59 Å². The maximum atomic E-state index is 10.7. The van der Waals surface area contributed by atoms with E-state index in [1.54, 1.807) is 6.92 Å². The van der Waals surface area contributed by atoms with Crippen LogP contribution in [0.1, 0.15) is 13.3 Å². The molecule has 1 aliphatic heterocycles. The van der Waals surface area contributed by atoms with Gasteiger partial charge in [0.25, 0.3) is 0 Å². The molecule has 0 aromatic heterocycles. The third kappa shape index (κ3) is 2.50. The van der Waals surface area contributed by atoms with Crippen LogP contribution < -0.4 is 0 Å². The summed E-state index contributed by atoms with van der Waals surface area (Å²) in [5.74, 6) is 0.0827. The minimum absolute atomic E-state index is 0.0827. The normalized spacial score (nSPS) is 17.9. The maximum absolute atomic E-state index is 10.7. The number of hydroxylamine groups is 2. The van der Waals surface area contributed by atoms with E-state index in [-0.39, 0.29) is 18.9 Å². The lowest BCUT2D eigenvalue weighted by Gasteiger charge is -2.11. The fourth-order valence-electron chi connectivity index (χ4n) is 0.932. The zero-order chi connectivity index (χ0) is 8.97. The van der Waals surface area contributed by atoms with Crippen LogP contribution in [0, 0.1) is 0 Å². The van der Waals surface area contributed by atoms with Crippen LogP contribution in [0.2, 0.25) is 0 Å². The summed E-state index contributed by atoms with van der Waals surface area (Å²) < 4.78 is 4.52. The number of carbonyl (C=O) groups is 2. The predicted molar refractivity (Wildman–Crippen MR) is 39.3 cm³/mol. The van der Waals surface area contributed by atoms with Crippen LogP contribution in [0.4, 0.5) is 4.79 Å². The molecule has 0 amide bonds. The average molecular weight is 173 g/mol. The smallest absolute Gasteiger partial charge is 0.433 e. The number of Topliss-reactive ketones (excluding diaryl/α,β-unsaturated/α-hetero) is 1. The van der Waals surface area contributed by atoms with Gasteiger partial charge in [0.2, 0.25) is 0 Å². The van der Waals surface area contributed by atoms with Crippen molar-refractivity contribution in [2.75, 3.05) is 19.7 Å². The lowest BCUT2D eigenvalue weighted by molar-refractivity contribution is -0.128. The third-order valence-electron chi connectivity index (χ3n) is 1.46. The number of ether oxygens (including phenoxy) is 1. The van der Waals surface area contributed by atoms with Gasteiger partial charge >= 0.3 is 6.16 Å². The Morgan fingerprint density at radius 3 is 2.92 bits per heavy atom. The van der Waals surface area contributed by atoms with Gasteiger partial charge in [-0.05, 0) is 6.92 Å². The summed E-state index contributed by atoms with van der Waals surface area (Å²) in [7, 11) is 0. The Hall–Kier alpha value is -1.10. The maximum Gasteiger partial charge on any atom is 0.527 e. The van der Waals surface area contributed by atoms with Crippen molar-refractivity contribution in [3.05, 3.63) is 0 Å². The molecule has 5 nitrogen and oxygen atoms in total. The fourth-order valence-corrected chi connectivity index (χ4v) is 0.932. The summed E-state index contributed by atoms with van der Waals surface area (Å²) in [6.07, 6.45) is -0.299. The number of hydrogen-bond acceptors (Lipinski definition) is 5. The minimum atomic E-state index is -0.743. The zero-order valence-electron chi connectivity index (χ0n) is 6.91. The van der Waals surface area contributed by atoms with Crippen molar-refractivity contribution in [3.63, 3.8) is 0 Å². The predicted octanol–water partition coefficient (Wildman–Crippen LogP) is 0.349. The van der Waals surface area contributed by atoms with Gasteiger partial charge in [-0.3, -0.25) is 4.79 Å². The molecule has 0 aliphatic carbocycles. The second kappa shape index (κ2) is 4.06. The molecule has 0 aromatic rings. The van der Waals surface area contributed by atoms with Gasteiger partial charge in [0, 0.05) is 13.0 Å². The van der Waals surface area contributed by atoms with E-state index in [0.29, 0.717) is 13.0 Å².